The molecule has 0 saturated heterocycles. The molecule has 1 aliphatic carbocycles. The van der Waals surface area contributed by atoms with Crippen molar-refractivity contribution in [1.29, 1.82) is 0 Å². The van der Waals surface area contributed by atoms with Gasteiger partial charge in [0.05, 0.1) is 11.2 Å². The van der Waals surface area contributed by atoms with Crippen molar-refractivity contribution >= 4 is 28.9 Å². The van der Waals surface area contributed by atoms with Gasteiger partial charge in [0, 0.05) is 23.0 Å². The third-order valence-corrected chi connectivity index (χ3v) is 6.36. The molecule has 1 heterocycles. The number of halogens is 1. The van der Waals surface area contributed by atoms with Crippen LogP contribution in [0.3, 0.4) is 0 Å². The Morgan fingerprint density at radius 3 is 2.54 bits per heavy atom. The quantitative estimate of drug-likeness (QED) is 0.733. The number of ether oxygens (including phenoxy) is 1. The topological polar surface area (TPSA) is 38.7 Å². The van der Waals surface area contributed by atoms with E-state index in [9.17, 15) is 5.11 Å². The highest BCUT2D eigenvalue weighted by molar-refractivity contribution is 9.11. The molecule has 0 bridgehead atoms. The SMILES string of the molecule is CC1(C)C2=C(CCC(Br)=C2)Oc2ccc([B]OC(C)(C)C(C)(C)O)cc21. The van der Waals surface area contributed by atoms with Crippen molar-refractivity contribution in [3.8, 4) is 5.75 Å². The molecule has 0 saturated carbocycles. The summed E-state index contributed by atoms with van der Waals surface area (Å²) in [7, 11) is 1.73. The number of allylic oxidation sites excluding steroid dienone is 4. The van der Waals surface area contributed by atoms with Crippen LogP contribution in [0.2, 0.25) is 0 Å². The lowest BCUT2D eigenvalue weighted by atomic mass is 9.71. The highest BCUT2D eigenvalue weighted by atomic mass is 79.9. The minimum Gasteiger partial charge on any atom is -0.461 e. The summed E-state index contributed by atoms with van der Waals surface area (Å²) in [6, 6.07) is 6.13. The van der Waals surface area contributed by atoms with Gasteiger partial charge in [0.25, 0.3) is 0 Å². The lowest BCUT2D eigenvalue weighted by molar-refractivity contribution is -0.0893. The lowest BCUT2D eigenvalue weighted by Crippen LogP contribution is -2.49. The smallest absolute Gasteiger partial charge is 0.330 e. The molecule has 0 spiro atoms. The van der Waals surface area contributed by atoms with E-state index in [2.05, 4.69) is 41.9 Å². The van der Waals surface area contributed by atoms with Crippen LogP contribution in [0.15, 0.2) is 40.1 Å². The molecule has 1 aliphatic heterocycles. The van der Waals surface area contributed by atoms with Gasteiger partial charge in [-0.1, -0.05) is 47.4 Å². The fourth-order valence-electron chi connectivity index (χ4n) is 3.15. The first-order chi connectivity index (χ1) is 11.9. The van der Waals surface area contributed by atoms with Gasteiger partial charge in [-0.25, -0.2) is 0 Å². The summed E-state index contributed by atoms with van der Waals surface area (Å²) in [6.45, 7) is 11.7. The Labute approximate surface area is 165 Å². The third kappa shape index (κ3) is 3.54. The number of aliphatic hydroxyl groups is 1. The Hall–Kier alpha value is -1.04. The molecule has 1 N–H and O–H groups in total. The normalized spacial score (nSPS) is 19.3. The van der Waals surface area contributed by atoms with Gasteiger partial charge in [-0.05, 0) is 50.7 Å². The van der Waals surface area contributed by atoms with Crippen LogP contribution in [-0.2, 0) is 10.1 Å². The molecule has 26 heavy (non-hydrogen) atoms. The number of benzene rings is 1. The van der Waals surface area contributed by atoms with E-state index in [0.717, 1.165) is 35.4 Å². The third-order valence-electron chi connectivity index (χ3n) is 5.74. The van der Waals surface area contributed by atoms with Crippen LogP contribution in [0, 0.1) is 0 Å². The van der Waals surface area contributed by atoms with Gasteiger partial charge in [0.2, 0.25) is 0 Å². The number of fused-ring (bicyclic) bond motifs is 1. The van der Waals surface area contributed by atoms with Gasteiger partial charge in [-0.3, -0.25) is 0 Å². The minimum absolute atomic E-state index is 0.141. The van der Waals surface area contributed by atoms with Crippen LogP contribution < -0.4 is 10.2 Å². The predicted molar refractivity (Wildman–Crippen MR) is 110 cm³/mol. The van der Waals surface area contributed by atoms with Crippen molar-refractivity contribution in [2.75, 3.05) is 0 Å². The Morgan fingerprint density at radius 1 is 1.19 bits per heavy atom. The van der Waals surface area contributed by atoms with E-state index in [-0.39, 0.29) is 5.41 Å². The molecular weight excluding hydrogens is 391 g/mol. The van der Waals surface area contributed by atoms with Gasteiger partial charge < -0.3 is 14.5 Å². The van der Waals surface area contributed by atoms with Crippen LogP contribution in [0.25, 0.3) is 0 Å². The number of rotatable bonds is 4. The second-order valence-electron chi connectivity index (χ2n) is 8.72. The molecule has 5 heteroatoms. The number of hydrogen-bond donors (Lipinski definition) is 1. The molecule has 0 fully saturated rings. The summed E-state index contributed by atoms with van der Waals surface area (Å²) in [5.74, 6) is 1.99. The van der Waals surface area contributed by atoms with E-state index >= 15 is 0 Å². The molecule has 1 aromatic carbocycles. The molecular formula is C21H27BBrO3. The summed E-state index contributed by atoms with van der Waals surface area (Å²) in [5, 5.41) is 10.3. The monoisotopic (exact) mass is 417 g/mol. The van der Waals surface area contributed by atoms with Crippen molar-refractivity contribution < 1.29 is 14.5 Å². The van der Waals surface area contributed by atoms with Crippen molar-refractivity contribution in [3.05, 3.63) is 45.7 Å². The van der Waals surface area contributed by atoms with Crippen LogP contribution in [-0.4, -0.2) is 23.8 Å². The lowest BCUT2D eigenvalue weighted by Gasteiger charge is -2.38. The highest BCUT2D eigenvalue weighted by Crippen LogP contribution is 2.47. The molecule has 3 nitrogen and oxygen atoms in total. The molecule has 3 rings (SSSR count). The summed E-state index contributed by atoms with van der Waals surface area (Å²) >= 11 is 3.64. The zero-order chi connectivity index (χ0) is 19.3. The largest absolute Gasteiger partial charge is 0.461 e. The molecule has 0 amide bonds. The van der Waals surface area contributed by atoms with Gasteiger partial charge in [-0.15, -0.1) is 0 Å². The first kappa shape index (κ1) is 19.7. The first-order valence-electron chi connectivity index (χ1n) is 9.07. The van der Waals surface area contributed by atoms with E-state index in [4.69, 9.17) is 9.39 Å². The summed E-state index contributed by atoms with van der Waals surface area (Å²) in [4.78, 5) is 0. The van der Waals surface area contributed by atoms with E-state index in [1.54, 1.807) is 21.3 Å². The molecule has 0 aromatic heterocycles. The van der Waals surface area contributed by atoms with Gasteiger partial charge >= 0.3 is 7.48 Å². The van der Waals surface area contributed by atoms with Crippen LogP contribution in [0.5, 0.6) is 5.75 Å². The maximum Gasteiger partial charge on any atom is 0.330 e. The number of hydrogen-bond acceptors (Lipinski definition) is 3. The van der Waals surface area contributed by atoms with Crippen molar-refractivity contribution in [2.45, 2.75) is 71.0 Å². The van der Waals surface area contributed by atoms with Crippen LogP contribution in [0.4, 0.5) is 0 Å². The Morgan fingerprint density at radius 2 is 1.88 bits per heavy atom. The molecule has 0 unspecified atom stereocenters. The average molecular weight is 418 g/mol. The summed E-state index contributed by atoms with van der Waals surface area (Å²) in [6.07, 6.45) is 4.11. The second kappa shape index (κ2) is 6.54. The van der Waals surface area contributed by atoms with E-state index in [0.29, 0.717) is 0 Å². The maximum atomic E-state index is 10.3. The Balaban J connectivity index is 1.88. The van der Waals surface area contributed by atoms with Crippen LogP contribution in [0.1, 0.15) is 59.9 Å². The Bertz CT molecular complexity index is 785. The fraction of sp³-hybridized carbons (Fsp3) is 0.524. The second-order valence-corrected chi connectivity index (χ2v) is 9.73. The van der Waals surface area contributed by atoms with E-state index in [1.807, 2.05) is 26.0 Å². The predicted octanol–water partition coefficient (Wildman–Crippen LogP) is 4.49. The fourth-order valence-corrected chi connectivity index (χ4v) is 3.57. The van der Waals surface area contributed by atoms with Crippen molar-refractivity contribution in [2.24, 2.45) is 0 Å². The maximum absolute atomic E-state index is 10.3. The van der Waals surface area contributed by atoms with E-state index < -0.39 is 11.2 Å². The molecule has 1 aromatic rings. The van der Waals surface area contributed by atoms with Crippen molar-refractivity contribution in [3.63, 3.8) is 0 Å². The first-order valence-corrected chi connectivity index (χ1v) is 9.86. The summed E-state index contributed by atoms with van der Waals surface area (Å²) < 4.78 is 13.3. The molecule has 2 aliphatic rings. The zero-order valence-electron chi connectivity index (χ0n) is 16.4. The van der Waals surface area contributed by atoms with Crippen molar-refractivity contribution in [1.82, 2.24) is 0 Å². The molecule has 139 valence electrons. The van der Waals surface area contributed by atoms with Gasteiger partial charge in [-0.2, -0.15) is 0 Å². The van der Waals surface area contributed by atoms with Gasteiger partial charge in [0.1, 0.15) is 11.5 Å². The average Bonchev–Trinajstić information content (AvgIpc) is 2.53. The van der Waals surface area contributed by atoms with E-state index in [1.165, 1.54) is 10.1 Å². The van der Waals surface area contributed by atoms with Crippen LogP contribution >= 0.6 is 15.9 Å². The van der Waals surface area contributed by atoms with Gasteiger partial charge in [0.15, 0.2) is 0 Å². The summed E-state index contributed by atoms with van der Waals surface area (Å²) in [5.41, 5.74) is 1.56. The standard InChI is InChI=1S/C21H27BBrO3/c1-19(2)15-11-13(22-26-21(5,6)20(3,4)24)7-9-17(15)25-18-10-8-14(23)12-16(18)19/h7,9,11-12,24H,8,10H2,1-6H3. The minimum atomic E-state index is -0.945. The Kier molecular flexibility index (Phi) is 4.96. The highest BCUT2D eigenvalue weighted by Gasteiger charge is 2.38. The molecule has 0 atom stereocenters. The molecule has 1 radical (unpaired) electrons. The zero-order valence-corrected chi connectivity index (χ0v) is 18.0.